The van der Waals surface area contributed by atoms with E-state index in [9.17, 15) is 9.90 Å². The van der Waals surface area contributed by atoms with Gasteiger partial charge in [0.1, 0.15) is 0 Å². The number of rotatable bonds is 3. The van der Waals surface area contributed by atoms with Crippen molar-refractivity contribution >= 4 is 6.09 Å². The fourth-order valence-corrected chi connectivity index (χ4v) is 1.71. The summed E-state index contributed by atoms with van der Waals surface area (Å²) in [4.78, 5) is 10.5. The van der Waals surface area contributed by atoms with Crippen molar-refractivity contribution in [1.82, 2.24) is 5.32 Å². The zero-order valence-electron chi connectivity index (χ0n) is 8.27. The quantitative estimate of drug-likeness (QED) is 0.626. The minimum atomic E-state index is -1.04. The highest BCUT2D eigenvalue weighted by Gasteiger charge is 2.28. The predicted octanol–water partition coefficient (Wildman–Crippen LogP) is 0.572. The van der Waals surface area contributed by atoms with Crippen LogP contribution in [-0.4, -0.2) is 41.2 Å². The van der Waals surface area contributed by atoms with Crippen LogP contribution in [0.2, 0.25) is 0 Å². The normalized spacial score (nSPS) is 29.6. The molecule has 0 aromatic heterocycles. The van der Waals surface area contributed by atoms with E-state index in [1.807, 2.05) is 6.92 Å². The van der Waals surface area contributed by atoms with Crippen molar-refractivity contribution in [3.8, 4) is 0 Å². The Morgan fingerprint density at radius 3 is 2.93 bits per heavy atom. The first-order chi connectivity index (χ1) is 6.63. The third-order valence-corrected chi connectivity index (χ3v) is 2.48. The summed E-state index contributed by atoms with van der Waals surface area (Å²) in [6, 6.07) is -0.220. The molecule has 0 aromatic carbocycles. The number of aliphatic hydroxyl groups excluding tert-OH is 1. The van der Waals surface area contributed by atoms with Crippen molar-refractivity contribution in [3.05, 3.63) is 0 Å². The Morgan fingerprint density at radius 1 is 1.71 bits per heavy atom. The van der Waals surface area contributed by atoms with Gasteiger partial charge in [-0.15, -0.1) is 0 Å². The molecule has 1 rings (SSSR count). The Hall–Kier alpha value is -0.810. The molecule has 0 spiro atoms. The van der Waals surface area contributed by atoms with Gasteiger partial charge in [0.25, 0.3) is 0 Å². The SMILES string of the molecule is CCC(NC(=O)O)C1CC(O)CCO1. The first-order valence-corrected chi connectivity index (χ1v) is 4.92. The molecule has 3 N–H and O–H groups in total. The van der Waals surface area contributed by atoms with Gasteiger partial charge < -0.3 is 20.3 Å². The Bertz CT molecular complexity index is 197. The minimum absolute atomic E-state index is 0.195. The van der Waals surface area contributed by atoms with Gasteiger partial charge in [-0.25, -0.2) is 4.79 Å². The highest BCUT2D eigenvalue weighted by molar-refractivity contribution is 5.64. The molecule has 82 valence electrons. The van der Waals surface area contributed by atoms with Crippen molar-refractivity contribution in [2.75, 3.05) is 6.61 Å². The second-order valence-electron chi connectivity index (χ2n) is 3.55. The van der Waals surface area contributed by atoms with E-state index in [2.05, 4.69) is 5.32 Å². The van der Waals surface area contributed by atoms with E-state index < -0.39 is 6.09 Å². The molecule has 1 amide bonds. The summed E-state index contributed by atoms with van der Waals surface area (Å²) in [5.74, 6) is 0. The van der Waals surface area contributed by atoms with Crippen molar-refractivity contribution in [2.24, 2.45) is 0 Å². The van der Waals surface area contributed by atoms with Crippen molar-refractivity contribution in [3.63, 3.8) is 0 Å². The molecule has 0 saturated carbocycles. The topological polar surface area (TPSA) is 78.8 Å². The van der Waals surface area contributed by atoms with Gasteiger partial charge in [0.05, 0.1) is 18.2 Å². The number of hydrogen-bond acceptors (Lipinski definition) is 3. The third-order valence-electron chi connectivity index (χ3n) is 2.48. The van der Waals surface area contributed by atoms with E-state index >= 15 is 0 Å². The van der Waals surface area contributed by atoms with Crippen molar-refractivity contribution in [1.29, 1.82) is 0 Å². The largest absolute Gasteiger partial charge is 0.465 e. The smallest absolute Gasteiger partial charge is 0.404 e. The summed E-state index contributed by atoms with van der Waals surface area (Å²) in [5, 5.41) is 20.4. The molecule has 1 saturated heterocycles. The van der Waals surface area contributed by atoms with Crippen LogP contribution in [0, 0.1) is 0 Å². The molecule has 1 fully saturated rings. The summed E-state index contributed by atoms with van der Waals surface area (Å²) < 4.78 is 5.42. The molecule has 0 radical (unpaired) electrons. The molecular weight excluding hydrogens is 186 g/mol. The van der Waals surface area contributed by atoms with E-state index in [1.165, 1.54) is 0 Å². The zero-order chi connectivity index (χ0) is 10.6. The summed E-state index contributed by atoms with van der Waals surface area (Å²) in [7, 11) is 0. The van der Waals surface area contributed by atoms with Crippen LogP contribution in [0.1, 0.15) is 26.2 Å². The lowest BCUT2D eigenvalue weighted by Crippen LogP contribution is -2.47. The van der Waals surface area contributed by atoms with Gasteiger partial charge in [0, 0.05) is 13.0 Å². The first kappa shape index (κ1) is 11.3. The summed E-state index contributed by atoms with van der Waals surface area (Å²) in [6.07, 6.45) is 0.224. The molecule has 3 unspecified atom stereocenters. The van der Waals surface area contributed by atoms with Gasteiger partial charge >= 0.3 is 6.09 Å². The average molecular weight is 203 g/mol. The van der Waals surface area contributed by atoms with Crippen LogP contribution >= 0.6 is 0 Å². The Kier molecular flexibility index (Phi) is 4.16. The van der Waals surface area contributed by atoms with E-state index in [0.717, 1.165) is 0 Å². The van der Waals surface area contributed by atoms with Gasteiger partial charge in [-0.2, -0.15) is 0 Å². The van der Waals surface area contributed by atoms with Crippen LogP contribution < -0.4 is 5.32 Å². The highest BCUT2D eigenvalue weighted by Crippen LogP contribution is 2.18. The number of carbonyl (C=O) groups is 1. The second-order valence-corrected chi connectivity index (χ2v) is 3.55. The number of aliphatic hydroxyl groups is 1. The van der Waals surface area contributed by atoms with Crippen LogP contribution in [0.3, 0.4) is 0 Å². The van der Waals surface area contributed by atoms with Crippen LogP contribution in [-0.2, 0) is 4.74 Å². The van der Waals surface area contributed by atoms with E-state index in [4.69, 9.17) is 9.84 Å². The number of ether oxygens (including phenoxy) is 1. The number of hydrogen-bond donors (Lipinski definition) is 3. The number of amides is 1. The molecule has 1 aliphatic heterocycles. The van der Waals surface area contributed by atoms with E-state index in [0.29, 0.717) is 25.9 Å². The molecule has 1 heterocycles. The van der Waals surface area contributed by atoms with Crippen molar-refractivity contribution in [2.45, 2.75) is 44.4 Å². The third kappa shape index (κ3) is 3.16. The Labute approximate surface area is 83.1 Å². The minimum Gasteiger partial charge on any atom is -0.465 e. The van der Waals surface area contributed by atoms with Gasteiger partial charge in [-0.05, 0) is 12.8 Å². The molecule has 1 aliphatic rings. The van der Waals surface area contributed by atoms with Gasteiger partial charge in [0.2, 0.25) is 0 Å². The summed E-state index contributed by atoms with van der Waals surface area (Å²) in [6.45, 7) is 2.40. The summed E-state index contributed by atoms with van der Waals surface area (Å²) >= 11 is 0. The van der Waals surface area contributed by atoms with Gasteiger partial charge in [-0.1, -0.05) is 6.92 Å². The lowest BCUT2D eigenvalue weighted by atomic mass is 9.98. The number of nitrogens with one attached hydrogen (secondary N) is 1. The van der Waals surface area contributed by atoms with Crippen molar-refractivity contribution < 1.29 is 19.7 Å². The second kappa shape index (κ2) is 5.17. The molecule has 3 atom stereocenters. The maximum absolute atomic E-state index is 10.5. The molecule has 0 aromatic rings. The lowest BCUT2D eigenvalue weighted by Gasteiger charge is -2.32. The lowest BCUT2D eigenvalue weighted by molar-refractivity contribution is -0.0585. The van der Waals surface area contributed by atoms with Gasteiger partial charge in [0.15, 0.2) is 0 Å². The van der Waals surface area contributed by atoms with Crippen LogP contribution in [0.25, 0.3) is 0 Å². The Morgan fingerprint density at radius 2 is 2.43 bits per heavy atom. The number of carboxylic acid groups (broad SMARTS) is 1. The van der Waals surface area contributed by atoms with E-state index in [-0.39, 0.29) is 18.2 Å². The Balaban J connectivity index is 2.46. The maximum atomic E-state index is 10.5. The van der Waals surface area contributed by atoms with Crippen LogP contribution in [0.5, 0.6) is 0 Å². The van der Waals surface area contributed by atoms with E-state index in [1.54, 1.807) is 0 Å². The zero-order valence-corrected chi connectivity index (χ0v) is 8.27. The molecule has 0 aliphatic carbocycles. The first-order valence-electron chi connectivity index (χ1n) is 4.92. The molecule has 14 heavy (non-hydrogen) atoms. The molecule has 5 nitrogen and oxygen atoms in total. The average Bonchev–Trinajstić information content (AvgIpc) is 2.14. The maximum Gasteiger partial charge on any atom is 0.404 e. The molecular formula is C9H17NO4. The fourth-order valence-electron chi connectivity index (χ4n) is 1.71. The predicted molar refractivity (Wildman–Crippen MR) is 50.2 cm³/mol. The van der Waals surface area contributed by atoms with Gasteiger partial charge in [-0.3, -0.25) is 0 Å². The monoisotopic (exact) mass is 203 g/mol. The highest BCUT2D eigenvalue weighted by atomic mass is 16.5. The summed E-state index contributed by atoms with van der Waals surface area (Å²) in [5.41, 5.74) is 0. The molecule has 5 heteroatoms. The fraction of sp³-hybridized carbons (Fsp3) is 0.889. The molecule has 0 bridgehead atoms. The van der Waals surface area contributed by atoms with Crippen LogP contribution in [0.15, 0.2) is 0 Å². The van der Waals surface area contributed by atoms with Crippen LogP contribution in [0.4, 0.5) is 4.79 Å². The standard InChI is InChI=1S/C9H17NO4/c1-2-7(10-9(12)13)8-5-6(11)3-4-14-8/h6-8,10-11H,2-5H2,1H3,(H,12,13).